The van der Waals surface area contributed by atoms with E-state index in [1.807, 2.05) is 0 Å². The summed E-state index contributed by atoms with van der Waals surface area (Å²) < 4.78 is 9.63. The van der Waals surface area contributed by atoms with Crippen LogP contribution in [0.15, 0.2) is 0 Å². The van der Waals surface area contributed by atoms with Crippen molar-refractivity contribution in [2.45, 2.75) is 89.1 Å². The molecule has 2 amide bonds. The Morgan fingerprint density at radius 3 is 1.06 bits per heavy atom. The van der Waals surface area contributed by atoms with Crippen LogP contribution in [0.1, 0.15) is 77.0 Å². The lowest BCUT2D eigenvalue weighted by molar-refractivity contribution is -0.148. The van der Waals surface area contributed by atoms with Gasteiger partial charge in [0.2, 0.25) is 11.8 Å². The smallest absolute Gasteiger partial charge is 0.308 e. The molecule has 180 valence electrons. The first-order valence-corrected chi connectivity index (χ1v) is 12.2. The second-order valence-corrected chi connectivity index (χ2v) is 9.71. The summed E-state index contributed by atoms with van der Waals surface area (Å²) in [6.07, 6.45) is 9.24. The summed E-state index contributed by atoms with van der Waals surface area (Å²) in [6.45, 7) is 0. The Morgan fingerprint density at radius 2 is 0.781 bits per heavy atom. The monoisotopic (exact) mass is 450 g/mol. The molecule has 0 saturated heterocycles. The van der Waals surface area contributed by atoms with Crippen molar-refractivity contribution in [3.05, 3.63) is 0 Å². The minimum atomic E-state index is -0.166. The van der Waals surface area contributed by atoms with E-state index < -0.39 is 0 Å². The zero-order chi connectivity index (χ0) is 23.1. The van der Waals surface area contributed by atoms with Crippen LogP contribution in [0.25, 0.3) is 0 Å². The Morgan fingerprint density at radius 1 is 0.500 bits per heavy atom. The second kappa shape index (κ2) is 11.7. The average molecular weight is 451 g/mol. The maximum Gasteiger partial charge on any atom is 0.308 e. The number of rotatable bonds is 6. The van der Waals surface area contributed by atoms with Crippen molar-refractivity contribution in [1.29, 1.82) is 0 Å². The Labute approximate surface area is 190 Å². The van der Waals surface area contributed by atoms with Crippen molar-refractivity contribution in [3.8, 4) is 0 Å². The minimum Gasteiger partial charge on any atom is -0.469 e. The molecule has 8 nitrogen and oxygen atoms in total. The fourth-order valence-electron chi connectivity index (χ4n) is 5.54. The van der Waals surface area contributed by atoms with Crippen molar-refractivity contribution in [2.75, 3.05) is 14.2 Å². The first-order chi connectivity index (χ1) is 15.4. The molecule has 3 rings (SSSR count). The summed E-state index contributed by atoms with van der Waals surface area (Å²) in [7, 11) is 2.82. The SMILES string of the molecule is COC(=O)C1CCC(C(=O)NC2CCC(NC(=O)C3CCC(C(=O)OC)CC3)CC2)CC1. The van der Waals surface area contributed by atoms with Gasteiger partial charge in [0.25, 0.3) is 0 Å². The molecule has 0 aromatic carbocycles. The average Bonchev–Trinajstić information content (AvgIpc) is 2.84. The Balaban J connectivity index is 1.33. The highest BCUT2D eigenvalue weighted by Crippen LogP contribution is 2.31. The Hall–Kier alpha value is -2.12. The summed E-state index contributed by atoms with van der Waals surface area (Å²) in [5.41, 5.74) is 0. The van der Waals surface area contributed by atoms with E-state index in [4.69, 9.17) is 9.47 Å². The number of nitrogens with one attached hydrogen (secondary N) is 2. The summed E-state index contributed by atoms with van der Waals surface area (Å²) in [5, 5.41) is 6.39. The van der Waals surface area contributed by atoms with E-state index in [2.05, 4.69) is 10.6 Å². The number of hydrogen-bond acceptors (Lipinski definition) is 6. The molecule has 0 spiro atoms. The lowest BCUT2D eigenvalue weighted by Crippen LogP contribution is -2.47. The van der Waals surface area contributed by atoms with Crippen LogP contribution < -0.4 is 10.6 Å². The van der Waals surface area contributed by atoms with Crippen LogP contribution in [0.2, 0.25) is 0 Å². The van der Waals surface area contributed by atoms with Crippen LogP contribution in [-0.4, -0.2) is 50.1 Å². The number of esters is 2. The number of carbonyl (C=O) groups is 4. The van der Waals surface area contributed by atoms with Crippen molar-refractivity contribution < 1.29 is 28.7 Å². The van der Waals surface area contributed by atoms with Gasteiger partial charge in [0.15, 0.2) is 0 Å². The number of carbonyl (C=O) groups excluding carboxylic acids is 4. The largest absolute Gasteiger partial charge is 0.469 e. The van der Waals surface area contributed by atoms with Crippen molar-refractivity contribution in [3.63, 3.8) is 0 Å². The lowest BCUT2D eigenvalue weighted by Gasteiger charge is -2.33. The van der Waals surface area contributed by atoms with Crippen LogP contribution in [0.4, 0.5) is 0 Å². The molecule has 32 heavy (non-hydrogen) atoms. The molecule has 0 aliphatic heterocycles. The minimum absolute atomic E-state index is 0.0200. The summed E-state index contributed by atoms with van der Waals surface area (Å²) in [6, 6.07) is 0.314. The molecule has 3 saturated carbocycles. The van der Waals surface area contributed by atoms with Gasteiger partial charge in [-0.15, -0.1) is 0 Å². The number of ether oxygens (including phenoxy) is 2. The predicted molar refractivity (Wildman–Crippen MR) is 117 cm³/mol. The quantitative estimate of drug-likeness (QED) is 0.602. The van der Waals surface area contributed by atoms with Crippen LogP contribution in [0, 0.1) is 23.7 Å². The maximum absolute atomic E-state index is 12.6. The standard InChI is InChI=1S/C24H38N2O6/c1-31-23(29)17-7-3-15(4-8-17)21(27)25-19-11-13-20(14-12-19)26-22(28)16-5-9-18(10-6-16)24(30)32-2/h15-20H,3-14H2,1-2H3,(H,25,27)(H,26,28). The molecule has 0 atom stereocenters. The summed E-state index contributed by atoms with van der Waals surface area (Å²) in [4.78, 5) is 48.6. The van der Waals surface area contributed by atoms with Gasteiger partial charge in [0.1, 0.15) is 0 Å². The van der Waals surface area contributed by atoms with Gasteiger partial charge in [0, 0.05) is 23.9 Å². The molecular formula is C24H38N2O6. The van der Waals surface area contributed by atoms with Gasteiger partial charge in [-0.25, -0.2) is 0 Å². The zero-order valence-electron chi connectivity index (χ0n) is 19.4. The molecule has 0 heterocycles. The molecule has 3 fully saturated rings. The van der Waals surface area contributed by atoms with Gasteiger partial charge in [-0.1, -0.05) is 0 Å². The molecular weight excluding hydrogens is 412 g/mol. The molecule has 0 unspecified atom stereocenters. The second-order valence-electron chi connectivity index (χ2n) is 9.71. The topological polar surface area (TPSA) is 111 Å². The molecule has 0 aromatic heterocycles. The third-order valence-corrected chi connectivity index (χ3v) is 7.68. The summed E-state index contributed by atoms with van der Waals surface area (Å²) >= 11 is 0. The van der Waals surface area contributed by atoms with E-state index >= 15 is 0 Å². The van der Waals surface area contributed by atoms with Gasteiger partial charge < -0.3 is 20.1 Å². The van der Waals surface area contributed by atoms with Gasteiger partial charge in [0.05, 0.1) is 26.1 Å². The highest BCUT2D eigenvalue weighted by atomic mass is 16.5. The fraction of sp³-hybridized carbons (Fsp3) is 0.833. The number of hydrogen-bond donors (Lipinski definition) is 2. The van der Waals surface area contributed by atoms with Crippen LogP contribution in [-0.2, 0) is 28.7 Å². The van der Waals surface area contributed by atoms with Gasteiger partial charge in [-0.2, -0.15) is 0 Å². The molecule has 8 heteroatoms. The van der Waals surface area contributed by atoms with Crippen molar-refractivity contribution in [1.82, 2.24) is 10.6 Å². The molecule has 0 radical (unpaired) electrons. The van der Waals surface area contributed by atoms with Crippen molar-refractivity contribution in [2.24, 2.45) is 23.7 Å². The van der Waals surface area contributed by atoms with Crippen LogP contribution in [0.5, 0.6) is 0 Å². The van der Waals surface area contributed by atoms with E-state index in [0.717, 1.165) is 51.4 Å². The van der Waals surface area contributed by atoms with Crippen LogP contribution in [0.3, 0.4) is 0 Å². The Kier molecular flexibility index (Phi) is 8.93. The molecule has 0 aromatic rings. The highest BCUT2D eigenvalue weighted by Gasteiger charge is 2.34. The molecule has 3 aliphatic carbocycles. The molecule has 0 bridgehead atoms. The van der Waals surface area contributed by atoms with E-state index in [1.165, 1.54) is 14.2 Å². The van der Waals surface area contributed by atoms with Gasteiger partial charge >= 0.3 is 11.9 Å². The highest BCUT2D eigenvalue weighted by molar-refractivity contribution is 5.80. The van der Waals surface area contributed by atoms with E-state index in [-0.39, 0.29) is 59.5 Å². The third-order valence-electron chi connectivity index (χ3n) is 7.68. The summed E-state index contributed by atoms with van der Waals surface area (Å²) in [5.74, 6) is -0.313. The predicted octanol–water partition coefficient (Wildman–Crippen LogP) is 2.49. The van der Waals surface area contributed by atoms with Gasteiger partial charge in [-0.3, -0.25) is 19.2 Å². The van der Waals surface area contributed by atoms with Gasteiger partial charge in [-0.05, 0) is 77.0 Å². The van der Waals surface area contributed by atoms with Crippen LogP contribution >= 0.6 is 0 Å². The lowest BCUT2D eigenvalue weighted by atomic mass is 9.81. The maximum atomic E-state index is 12.6. The first-order valence-electron chi connectivity index (χ1n) is 12.2. The van der Waals surface area contributed by atoms with Crippen molar-refractivity contribution >= 4 is 23.8 Å². The molecule has 3 aliphatic rings. The fourth-order valence-corrected chi connectivity index (χ4v) is 5.54. The van der Waals surface area contributed by atoms with E-state index in [0.29, 0.717) is 25.7 Å². The normalized spacial score (nSPS) is 32.9. The third kappa shape index (κ3) is 6.45. The van der Waals surface area contributed by atoms with E-state index in [1.54, 1.807) is 0 Å². The van der Waals surface area contributed by atoms with E-state index in [9.17, 15) is 19.2 Å². The first kappa shape index (κ1) is 24.5. The number of methoxy groups -OCH3 is 2. The Bertz CT molecular complexity index is 614. The molecule has 2 N–H and O–H groups in total. The number of amides is 2. The zero-order valence-corrected chi connectivity index (χ0v) is 19.4.